The van der Waals surface area contributed by atoms with Gasteiger partial charge in [0.1, 0.15) is 4.90 Å². The number of nitrogens with one attached hydrogen (secondary N) is 2. The van der Waals surface area contributed by atoms with Gasteiger partial charge in [0, 0.05) is 10.0 Å². The number of amides is 1. The molecule has 0 heterocycles. The van der Waals surface area contributed by atoms with E-state index in [-0.39, 0.29) is 15.5 Å². The Labute approximate surface area is 183 Å². The van der Waals surface area contributed by atoms with Crippen molar-refractivity contribution in [2.24, 2.45) is 0 Å². The van der Waals surface area contributed by atoms with Crippen LogP contribution in [0.3, 0.4) is 0 Å². The molecular formula is C21H18BrClN2O3S. The molecule has 0 atom stereocenters. The zero-order valence-electron chi connectivity index (χ0n) is 15.7. The number of benzene rings is 3. The van der Waals surface area contributed by atoms with Gasteiger partial charge in [-0.05, 0) is 77.3 Å². The fourth-order valence-corrected chi connectivity index (χ4v) is 4.70. The molecule has 0 aromatic heterocycles. The highest BCUT2D eigenvalue weighted by molar-refractivity contribution is 9.10. The first-order valence-corrected chi connectivity index (χ1v) is 11.3. The van der Waals surface area contributed by atoms with Crippen molar-refractivity contribution >= 4 is 54.8 Å². The van der Waals surface area contributed by atoms with Crippen LogP contribution >= 0.6 is 27.5 Å². The highest BCUT2D eigenvalue weighted by Crippen LogP contribution is 2.28. The van der Waals surface area contributed by atoms with Crippen LogP contribution in [0.4, 0.5) is 11.4 Å². The van der Waals surface area contributed by atoms with Gasteiger partial charge in [-0.3, -0.25) is 9.52 Å². The molecule has 0 fully saturated rings. The number of carbonyl (C=O) groups is 1. The quantitative estimate of drug-likeness (QED) is 0.473. The lowest BCUT2D eigenvalue weighted by atomic mass is 10.1. The third kappa shape index (κ3) is 4.80. The zero-order valence-corrected chi connectivity index (χ0v) is 18.8. The number of para-hydroxylation sites is 1. The van der Waals surface area contributed by atoms with Crippen molar-refractivity contribution < 1.29 is 13.2 Å². The van der Waals surface area contributed by atoms with Gasteiger partial charge in [-0.25, -0.2) is 8.42 Å². The Morgan fingerprint density at radius 3 is 2.38 bits per heavy atom. The molecule has 1 amide bonds. The first kappa shape index (κ1) is 21.4. The van der Waals surface area contributed by atoms with E-state index >= 15 is 0 Å². The number of halogens is 2. The maximum atomic E-state index is 12.9. The zero-order chi connectivity index (χ0) is 21.2. The second-order valence-corrected chi connectivity index (χ2v) is 9.34. The van der Waals surface area contributed by atoms with Gasteiger partial charge in [0.2, 0.25) is 0 Å². The molecule has 150 valence electrons. The minimum absolute atomic E-state index is 0.0280. The van der Waals surface area contributed by atoms with Gasteiger partial charge >= 0.3 is 0 Å². The number of hydrogen-bond donors (Lipinski definition) is 2. The number of aryl methyl sites for hydroxylation is 1. The highest BCUT2D eigenvalue weighted by atomic mass is 79.9. The van der Waals surface area contributed by atoms with Gasteiger partial charge in [-0.2, -0.15) is 0 Å². The van der Waals surface area contributed by atoms with Crippen LogP contribution in [0.25, 0.3) is 0 Å². The van der Waals surface area contributed by atoms with Crippen LogP contribution in [0.5, 0.6) is 0 Å². The predicted molar refractivity (Wildman–Crippen MR) is 120 cm³/mol. The molecular weight excluding hydrogens is 476 g/mol. The van der Waals surface area contributed by atoms with E-state index in [1.54, 1.807) is 30.3 Å². The van der Waals surface area contributed by atoms with Crippen molar-refractivity contribution in [3.8, 4) is 0 Å². The van der Waals surface area contributed by atoms with E-state index in [1.165, 1.54) is 18.2 Å². The molecule has 2 N–H and O–H groups in total. The molecule has 0 spiro atoms. The summed E-state index contributed by atoms with van der Waals surface area (Å²) in [4.78, 5) is 12.5. The van der Waals surface area contributed by atoms with Crippen LogP contribution < -0.4 is 10.0 Å². The maximum Gasteiger partial charge on any atom is 0.263 e. The molecule has 0 aliphatic heterocycles. The van der Waals surface area contributed by atoms with E-state index in [0.717, 1.165) is 11.1 Å². The minimum atomic E-state index is -3.99. The SMILES string of the molecule is Cc1cccc(NS(=O)(=O)c2cc(C(=O)Nc3ccccc3Br)ccc2Cl)c1C. The Morgan fingerprint density at radius 1 is 0.966 bits per heavy atom. The Balaban J connectivity index is 1.93. The summed E-state index contributed by atoms with van der Waals surface area (Å²) in [6.07, 6.45) is 0. The van der Waals surface area contributed by atoms with E-state index in [0.29, 0.717) is 15.8 Å². The monoisotopic (exact) mass is 492 g/mol. The summed E-state index contributed by atoms with van der Waals surface area (Å²) in [5, 5.41) is 2.77. The number of hydrogen-bond acceptors (Lipinski definition) is 3. The number of anilines is 2. The van der Waals surface area contributed by atoms with Crippen LogP contribution in [0.2, 0.25) is 5.02 Å². The van der Waals surface area contributed by atoms with Crippen molar-refractivity contribution in [3.63, 3.8) is 0 Å². The molecule has 0 aliphatic rings. The first-order valence-electron chi connectivity index (χ1n) is 8.63. The second kappa shape index (κ2) is 8.57. The summed E-state index contributed by atoms with van der Waals surface area (Å²) in [6.45, 7) is 3.73. The number of rotatable bonds is 5. The van der Waals surface area contributed by atoms with E-state index in [1.807, 2.05) is 26.0 Å². The summed E-state index contributed by atoms with van der Waals surface area (Å²) >= 11 is 9.51. The Hall–Kier alpha value is -2.35. The van der Waals surface area contributed by atoms with Gasteiger partial charge in [-0.1, -0.05) is 35.9 Å². The summed E-state index contributed by atoms with van der Waals surface area (Å²) in [5.41, 5.74) is 2.98. The Morgan fingerprint density at radius 2 is 1.66 bits per heavy atom. The maximum absolute atomic E-state index is 12.9. The van der Waals surface area contributed by atoms with Crippen molar-refractivity contribution in [2.75, 3.05) is 10.0 Å². The molecule has 0 saturated carbocycles. The van der Waals surface area contributed by atoms with Gasteiger partial charge in [0.05, 0.1) is 16.4 Å². The number of carbonyl (C=O) groups excluding carboxylic acids is 1. The highest BCUT2D eigenvalue weighted by Gasteiger charge is 2.21. The Kier molecular flexibility index (Phi) is 6.31. The lowest BCUT2D eigenvalue weighted by Gasteiger charge is -2.14. The van der Waals surface area contributed by atoms with Crippen LogP contribution in [-0.4, -0.2) is 14.3 Å². The van der Waals surface area contributed by atoms with Crippen LogP contribution in [-0.2, 0) is 10.0 Å². The largest absolute Gasteiger partial charge is 0.321 e. The Bertz CT molecular complexity index is 1200. The molecule has 29 heavy (non-hydrogen) atoms. The molecule has 5 nitrogen and oxygen atoms in total. The van der Waals surface area contributed by atoms with Crippen LogP contribution in [0, 0.1) is 13.8 Å². The van der Waals surface area contributed by atoms with Gasteiger partial charge in [-0.15, -0.1) is 0 Å². The minimum Gasteiger partial charge on any atom is -0.321 e. The predicted octanol–water partition coefficient (Wildman–Crippen LogP) is 5.77. The van der Waals surface area contributed by atoms with Crippen molar-refractivity contribution in [2.45, 2.75) is 18.7 Å². The topological polar surface area (TPSA) is 75.3 Å². The summed E-state index contributed by atoms with van der Waals surface area (Å²) in [6, 6.07) is 16.6. The van der Waals surface area contributed by atoms with Crippen LogP contribution in [0.1, 0.15) is 21.5 Å². The molecule has 0 bridgehead atoms. The van der Waals surface area contributed by atoms with Gasteiger partial charge in [0.25, 0.3) is 15.9 Å². The number of sulfonamides is 1. The summed E-state index contributed by atoms with van der Waals surface area (Å²) in [7, 11) is -3.99. The standard InChI is InChI=1S/C21H18BrClN2O3S/c1-13-6-5-9-18(14(13)2)25-29(27,28)20-12-15(10-11-17(20)23)21(26)24-19-8-4-3-7-16(19)22/h3-12,25H,1-2H3,(H,24,26). The second-order valence-electron chi connectivity index (χ2n) is 6.43. The fourth-order valence-electron chi connectivity index (χ4n) is 2.67. The molecule has 0 unspecified atom stereocenters. The van der Waals surface area contributed by atoms with E-state index in [4.69, 9.17) is 11.6 Å². The van der Waals surface area contributed by atoms with Gasteiger partial charge < -0.3 is 5.32 Å². The smallest absolute Gasteiger partial charge is 0.263 e. The van der Waals surface area contributed by atoms with E-state index < -0.39 is 15.9 Å². The van der Waals surface area contributed by atoms with E-state index in [2.05, 4.69) is 26.0 Å². The summed E-state index contributed by atoms with van der Waals surface area (Å²) in [5.74, 6) is -0.447. The normalized spacial score (nSPS) is 11.2. The van der Waals surface area contributed by atoms with E-state index in [9.17, 15) is 13.2 Å². The van der Waals surface area contributed by atoms with Crippen molar-refractivity contribution in [1.82, 2.24) is 0 Å². The molecule has 0 radical (unpaired) electrons. The lowest BCUT2D eigenvalue weighted by molar-refractivity contribution is 0.102. The first-order chi connectivity index (χ1) is 13.7. The molecule has 0 aliphatic carbocycles. The molecule has 3 rings (SSSR count). The summed E-state index contributed by atoms with van der Waals surface area (Å²) < 4.78 is 29.1. The third-order valence-corrected chi connectivity index (χ3v) is 6.99. The lowest BCUT2D eigenvalue weighted by Crippen LogP contribution is -2.17. The molecule has 3 aromatic rings. The van der Waals surface area contributed by atoms with Crippen molar-refractivity contribution in [1.29, 1.82) is 0 Å². The molecule has 3 aromatic carbocycles. The van der Waals surface area contributed by atoms with Crippen molar-refractivity contribution in [3.05, 3.63) is 86.8 Å². The molecule has 0 saturated heterocycles. The molecule has 8 heteroatoms. The fraction of sp³-hybridized carbons (Fsp3) is 0.0952. The average molecular weight is 494 g/mol. The van der Waals surface area contributed by atoms with Crippen LogP contribution in [0.15, 0.2) is 70.0 Å². The average Bonchev–Trinajstić information content (AvgIpc) is 2.67. The van der Waals surface area contributed by atoms with Gasteiger partial charge in [0.15, 0.2) is 0 Å². The third-order valence-electron chi connectivity index (χ3n) is 4.45.